The second-order valence-corrected chi connectivity index (χ2v) is 4.46. The number of hydrogen-bond acceptors (Lipinski definition) is 2. The normalized spacial score (nSPS) is 20.6. The van der Waals surface area contributed by atoms with Gasteiger partial charge in [-0.2, -0.15) is 0 Å². The number of primary amides is 1. The number of hydrogen-bond donors (Lipinski definition) is 1. The number of likely N-dealkylation sites (tertiary alicyclic amines) is 1. The van der Waals surface area contributed by atoms with Crippen molar-refractivity contribution < 1.29 is 9.59 Å². The minimum absolute atomic E-state index is 0.0141. The highest BCUT2D eigenvalue weighted by Crippen LogP contribution is 2.16. The van der Waals surface area contributed by atoms with Crippen LogP contribution in [0.5, 0.6) is 0 Å². The van der Waals surface area contributed by atoms with Crippen molar-refractivity contribution in [3.63, 3.8) is 0 Å². The quantitative estimate of drug-likeness (QED) is 0.769. The molecule has 1 aliphatic rings. The number of nitrogens with two attached hydrogens (primary N) is 1. The monoisotopic (exact) mass is 227 g/mol. The van der Waals surface area contributed by atoms with Gasteiger partial charge in [0.2, 0.25) is 5.91 Å². The summed E-state index contributed by atoms with van der Waals surface area (Å²) in [6, 6.07) is -0.0622. The lowest BCUT2D eigenvalue weighted by Gasteiger charge is -2.34. The first-order valence-electron chi connectivity index (χ1n) is 5.86. The van der Waals surface area contributed by atoms with E-state index in [1.54, 1.807) is 0 Å². The molecule has 92 valence electrons. The van der Waals surface area contributed by atoms with Gasteiger partial charge in [0.25, 0.3) is 0 Å². The molecule has 5 heteroatoms. The third-order valence-electron chi connectivity index (χ3n) is 2.93. The van der Waals surface area contributed by atoms with E-state index in [4.69, 9.17) is 5.73 Å². The van der Waals surface area contributed by atoms with Gasteiger partial charge in [-0.25, -0.2) is 4.79 Å². The zero-order valence-corrected chi connectivity index (χ0v) is 10.1. The van der Waals surface area contributed by atoms with Crippen molar-refractivity contribution in [3.05, 3.63) is 0 Å². The first-order chi connectivity index (χ1) is 7.54. The van der Waals surface area contributed by atoms with Crippen LogP contribution in [0.25, 0.3) is 0 Å². The zero-order valence-electron chi connectivity index (χ0n) is 10.1. The van der Waals surface area contributed by atoms with Gasteiger partial charge in [-0.1, -0.05) is 6.92 Å². The van der Waals surface area contributed by atoms with E-state index >= 15 is 0 Å². The van der Waals surface area contributed by atoms with Crippen LogP contribution in [-0.4, -0.2) is 47.9 Å². The molecule has 0 aromatic rings. The van der Waals surface area contributed by atoms with Gasteiger partial charge in [-0.05, 0) is 25.7 Å². The first-order valence-corrected chi connectivity index (χ1v) is 5.86. The Labute approximate surface area is 96.6 Å². The molecule has 1 fully saturated rings. The van der Waals surface area contributed by atoms with Gasteiger partial charge in [0, 0.05) is 19.6 Å². The van der Waals surface area contributed by atoms with Crippen LogP contribution >= 0.6 is 0 Å². The Morgan fingerprint density at radius 1 is 1.50 bits per heavy atom. The highest BCUT2D eigenvalue weighted by atomic mass is 16.2. The minimum Gasteiger partial charge on any atom is -0.368 e. The molecular formula is C11H21N3O2. The van der Waals surface area contributed by atoms with Crippen molar-refractivity contribution in [2.24, 2.45) is 11.7 Å². The van der Waals surface area contributed by atoms with Gasteiger partial charge in [0.05, 0.1) is 0 Å². The van der Waals surface area contributed by atoms with Crippen molar-refractivity contribution in [3.8, 4) is 0 Å². The van der Waals surface area contributed by atoms with Crippen molar-refractivity contribution in [1.29, 1.82) is 0 Å². The molecule has 0 aromatic heterocycles. The summed E-state index contributed by atoms with van der Waals surface area (Å²) in [6.45, 7) is 6.11. The molecule has 0 radical (unpaired) electrons. The van der Waals surface area contributed by atoms with E-state index in [0.717, 1.165) is 19.5 Å². The molecule has 0 spiro atoms. The zero-order chi connectivity index (χ0) is 12.1. The summed E-state index contributed by atoms with van der Waals surface area (Å²) in [7, 11) is 0. The molecule has 1 unspecified atom stereocenters. The number of carbonyl (C=O) groups excluding carboxylic acids is 2. The molecule has 1 saturated heterocycles. The maximum Gasteiger partial charge on any atom is 0.320 e. The average Bonchev–Trinajstić information content (AvgIpc) is 2.24. The molecular weight excluding hydrogens is 206 g/mol. The minimum atomic E-state index is -0.458. The van der Waals surface area contributed by atoms with Crippen LogP contribution < -0.4 is 5.73 Å². The van der Waals surface area contributed by atoms with Crippen molar-refractivity contribution >= 4 is 11.9 Å². The van der Waals surface area contributed by atoms with Crippen molar-refractivity contribution in [2.45, 2.75) is 26.7 Å². The summed E-state index contributed by atoms with van der Waals surface area (Å²) in [4.78, 5) is 26.2. The summed E-state index contributed by atoms with van der Waals surface area (Å²) < 4.78 is 0. The topological polar surface area (TPSA) is 66.6 Å². The van der Waals surface area contributed by atoms with E-state index in [1.807, 2.05) is 11.8 Å². The molecule has 2 N–H and O–H groups in total. The maximum absolute atomic E-state index is 12.1. The van der Waals surface area contributed by atoms with Crippen LogP contribution in [0.2, 0.25) is 0 Å². The van der Waals surface area contributed by atoms with Crippen LogP contribution in [0.3, 0.4) is 0 Å². The summed E-state index contributed by atoms with van der Waals surface area (Å²) >= 11 is 0. The van der Waals surface area contributed by atoms with E-state index in [9.17, 15) is 9.59 Å². The lowest BCUT2D eigenvalue weighted by Crippen LogP contribution is -2.49. The Kier molecular flexibility index (Phi) is 4.58. The number of rotatable bonds is 3. The molecule has 5 nitrogen and oxygen atoms in total. The number of urea groups is 1. The Balaban J connectivity index is 2.56. The number of likely N-dealkylation sites (N-methyl/N-ethyl adjacent to an activating group) is 1. The molecule has 1 rings (SSSR count). The number of nitrogens with zero attached hydrogens (tertiary/aromatic N) is 2. The Bertz CT molecular complexity index is 268. The third-order valence-corrected chi connectivity index (χ3v) is 2.93. The molecule has 1 aliphatic heterocycles. The summed E-state index contributed by atoms with van der Waals surface area (Å²) in [5.74, 6) is 0.0882. The van der Waals surface area contributed by atoms with E-state index in [-0.39, 0.29) is 12.6 Å². The second kappa shape index (κ2) is 5.72. The molecule has 0 saturated carbocycles. The summed E-state index contributed by atoms with van der Waals surface area (Å²) in [6.07, 6.45) is 2.22. The summed E-state index contributed by atoms with van der Waals surface area (Å²) in [5, 5.41) is 0. The van der Waals surface area contributed by atoms with Crippen LogP contribution in [0.1, 0.15) is 26.7 Å². The number of carbonyl (C=O) groups is 2. The average molecular weight is 227 g/mol. The van der Waals surface area contributed by atoms with Crippen LogP contribution in [0.15, 0.2) is 0 Å². The van der Waals surface area contributed by atoms with Gasteiger partial charge >= 0.3 is 6.03 Å². The second-order valence-electron chi connectivity index (χ2n) is 4.46. The smallest absolute Gasteiger partial charge is 0.320 e. The molecule has 0 bridgehead atoms. The molecule has 0 aromatic carbocycles. The molecule has 3 amide bonds. The lowest BCUT2D eigenvalue weighted by molar-refractivity contribution is -0.118. The first kappa shape index (κ1) is 12.8. The molecule has 1 atom stereocenters. The lowest BCUT2D eigenvalue weighted by atomic mass is 10.0. The van der Waals surface area contributed by atoms with E-state index in [2.05, 4.69) is 6.92 Å². The van der Waals surface area contributed by atoms with Crippen LogP contribution in [-0.2, 0) is 4.79 Å². The SMILES string of the molecule is CCN(CC(N)=O)C(=O)N1CCCC(C)C1. The van der Waals surface area contributed by atoms with E-state index in [0.29, 0.717) is 12.5 Å². The fraction of sp³-hybridized carbons (Fsp3) is 0.818. The largest absolute Gasteiger partial charge is 0.368 e. The summed E-state index contributed by atoms with van der Waals surface area (Å²) in [5.41, 5.74) is 5.11. The molecule has 1 heterocycles. The highest BCUT2D eigenvalue weighted by Gasteiger charge is 2.25. The maximum atomic E-state index is 12.1. The van der Waals surface area contributed by atoms with Crippen LogP contribution in [0, 0.1) is 5.92 Å². The third kappa shape index (κ3) is 3.40. The standard InChI is InChI=1S/C11H21N3O2/c1-3-13(8-10(12)15)11(16)14-6-4-5-9(2)7-14/h9H,3-8H2,1-2H3,(H2,12,15). The molecule has 16 heavy (non-hydrogen) atoms. The van der Waals surface area contributed by atoms with Gasteiger partial charge in [0.1, 0.15) is 6.54 Å². The van der Waals surface area contributed by atoms with Gasteiger partial charge < -0.3 is 15.5 Å². The number of piperidine rings is 1. The molecule has 0 aliphatic carbocycles. The Morgan fingerprint density at radius 3 is 2.69 bits per heavy atom. The van der Waals surface area contributed by atoms with Gasteiger partial charge in [-0.3, -0.25) is 4.79 Å². The Morgan fingerprint density at radius 2 is 2.19 bits per heavy atom. The Hall–Kier alpha value is -1.26. The fourth-order valence-electron chi connectivity index (χ4n) is 2.07. The van der Waals surface area contributed by atoms with E-state index in [1.165, 1.54) is 11.3 Å². The fourth-order valence-corrected chi connectivity index (χ4v) is 2.07. The highest BCUT2D eigenvalue weighted by molar-refractivity contribution is 5.83. The van der Waals surface area contributed by atoms with Gasteiger partial charge in [-0.15, -0.1) is 0 Å². The van der Waals surface area contributed by atoms with Gasteiger partial charge in [0.15, 0.2) is 0 Å². The predicted octanol–water partition coefficient (Wildman–Crippen LogP) is 0.645. The number of amides is 3. The van der Waals surface area contributed by atoms with Crippen molar-refractivity contribution in [1.82, 2.24) is 9.80 Å². The van der Waals surface area contributed by atoms with E-state index < -0.39 is 5.91 Å². The van der Waals surface area contributed by atoms with Crippen LogP contribution in [0.4, 0.5) is 4.79 Å². The van der Waals surface area contributed by atoms with Crippen molar-refractivity contribution in [2.75, 3.05) is 26.2 Å². The predicted molar refractivity (Wildman–Crippen MR) is 61.8 cm³/mol.